The van der Waals surface area contributed by atoms with E-state index in [4.69, 9.17) is 18.9 Å². The van der Waals surface area contributed by atoms with Crippen molar-refractivity contribution in [3.8, 4) is 23.0 Å². The lowest BCUT2D eigenvalue weighted by Gasteiger charge is -2.24. The number of halogens is 2. The first kappa shape index (κ1) is 22.6. The number of methoxy groups -OCH3 is 4. The van der Waals surface area contributed by atoms with Gasteiger partial charge in [-0.05, 0) is 36.4 Å². The molecule has 5 nitrogen and oxygen atoms in total. The van der Waals surface area contributed by atoms with Crippen LogP contribution in [0.4, 0.5) is 0 Å². The smallest absolute Gasteiger partial charge is 0.149 e. The third-order valence-electron chi connectivity index (χ3n) is 4.62. The number of carbonyl (C=O) groups excluding carboxylic acids is 1. The first-order chi connectivity index (χ1) is 13.5. The van der Waals surface area contributed by atoms with Gasteiger partial charge in [0.25, 0.3) is 0 Å². The standard InChI is InChI=1S/C21H24Br2O5/c1-25-13-5-7-19(27-3)15(9-13)17(11-22)21(24)18(12-23)16-10-14(26-2)6-8-20(16)28-4/h5-10,17-18H,11-12H2,1-4H3. The molecule has 0 N–H and O–H groups in total. The van der Waals surface area contributed by atoms with Gasteiger partial charge in [-0.1, -0.05) is 31.9 Å². The Bertz CT molecular complexity index is 744. The molecular formula is C21H24Br2O5. The fourth-order valence-electron chi connectivity index (χ4n) is 3.09. The third-order valence-corrected chi connectivity index (χ3v) is 5.92. The normalized spacial score (nSPS) is 12.8. The number of carbonyl (C=O) groups is 1. The van der Waals surface area contributed by atoms with Crippen molar-refractivity contribution in [1.29, 1.82) is 0 Å². The van der Waals surface area contributed by atoms with Gasteiger partial charge in [0, 0.05) is 21.8 Å². The van der Waals surface area contributed by atoms with Crippen LogP contribution in [0.25, 0.3) is 0 Å². The molecule has 2 unspecified atom stereocenters. The monoisotopic (exact) mass is 514 g/mol. The summed E-state index contributed by atoms with van der Waals surface area (Å²) < 4.78 is 21.7. The van der Waals surface area contributed by atoms with E-state index in [-0.39, 0.29) is 5.78 Å². The summed E-state index contributed by atoms with van der Waals surface area (Å²) in [6.45, 7) is 0. The quantitative estimate of drug-likeness (QED) is 0.419. The zero-order valence-corrected chi connectivity index (χ0v) is 19.5. The summed E-state index contributed by atoms with van der Waals surface area (Å²) >= 11 is 7.02. The maximum atomic E-state index is 13.6. The molecular weight excluding hydrogens is 492 g/mol. The molecule has 2 atom stereocenters. The molecule has 7 heteroatoms. The Morgan fingerprint density at radius 2 is 1.14 bits per heavy atom. The second-order valence-corrected chi connectivity index (χ2v) is 7.33. The summed E-state index contributed by atoms with van der Waals surface area (Å²) in [5.41, 5.74) is 1.55. The van der Waals surface area contributed by atoms with Gasteiger partial charge < -0.3 is 18.9 Å². The molecule has 0 spiro atoms. The number of ether oxygens (including phenoxy) is 4. The number of alkyl halides is 2. The first-order valence-electron chi connectivity index (χ1n) is 8.64. The van der Waals surface area contributed by atoms with Crippen LogP contribution in [0.1, 0.15) is 23.0 Å². The van der Waals surface area contributed by atoms with Crippen molar-refractivity contribution in [3.05, 3.63) is 47.5 Å². The van der Waals surface area contributed by atoms with Crippen LogP contribution in [0.5, 0.6) is 23.0 Å². The number of hydrogen-bond donors (Lipinski definition) is 0. The molecule has 0 aliphatic rings. The van der Waals surface area contributed by atoms with E-state index < -0.39 is 11.8 Å². The minimum atomic E-state index is -0.427. The second kappa shape index (κ2) is 10.7. The van der Waals surface area contributed by atoms with Crippen LogP contribution in [0, 0.1) is 0 Å². The van der Waals surface area contributed by atoms with Crippen molar-refractivity contribution in [2.45, 2.75) is 11.8 Å². The van der Waals surface area contributed by atoms with E-state index in [0.29, 0.717) is 33.7 Å². The zero-order chi connectivity index (χ0) is 20.7. The summed E-state index contributed by atoms with van der Waals surface area (Å²) in [4.78, 5) is 13.6. The van der Waals surface area contributed by atoms with Crippen molar-refractivity contribution in [2.24, 2.45) is 0 Å². The number of Topliss-reactive ketones (excluding diaryl/α,β-unsaturated/α-hetero) is 1. The molecule has 0 heterocycles. The molecule has 2 aromatic rings. The Labute approximate surface area is 182 Å². The lowest BCUT2D eigenvalue weighted by Crippen LogP contribution is -2.24. The summed E-state index contributed by atoms with van der Waals surface area (Å²) in [6, 6.07) is 10.9. The summed E-state index contributed by atoms with van der Waals surface area (Å²) in [7, 11) is 6.38. The fourth-order valence-corrected chi connectivity index (χ4v) is 4.43. The summed E-state index contributed by atoms with van der Waals surface area (Å²) in [6.07, 6.45) is 0. The maximum absolute atomic E-state index is 13.6. The molecule has 0 saturated carbocycles. The highest BCUT2D eigenvalue weighted by atomic mass is 79.9. The highest BCUT2D eigenvalue weighted by Crippen LogP contribution is 2.39. The average molecular weight is 516 g/mol. The number of benzene rings is 2. The number of rotatable bonds is 10. The number of ketones is 1. The third kappa shape index (κ3) is 4.81. The topological polar surface area (TPSA) is 54.0 Å². The van der Waals surface area contributed by atoms with Crippen LogP contribution in [0.2, 0.25) is 0 Å². The van der Waals surface area contributed by atoms with Gasteiger partial charge in [0.1, 0.15) is 28.8 Å². The molecule has 0 fully saturated rings. The van der Waals surface area contributed by atoms with Crippen LogP contribution < -0.4 is 18.9 Å². The Hall–Kier alpha value is -1.73. The van der Waals surface area contributed by atoms with Crippen molar-refractivity contribution in [2.75, 3.05) is 39.1 Å². The van der Waals surface area contributed by atoms with E-state index in [2.05, 4.69) is 31.9 Å². The first-order valence-corrected chi connectivity index (χ1v) is 10.9. The van der Waals surface area contributed by atoms with Gasteiger partial charge in [0.2, 0.25) is 0 Å². The maximum Gasteiger partial charge on any atom is 0.149 e. The Morgan fingerprint density at radius 1 is 0.750 bits per heavy atom. The predicted octanol–water partition coefficient (Wildman–Crippen LogP) is 4.95. The molecule has 0 aliphatic heterocycles. The SMILES string of the molecule is COc1ccc(OC)c(C(CBr)C(=O)C(CBr)c2cc(OC)ccc2OC)c1. The lowest BCUT2D eigenvalue weighted by molar-refractivity contribution is -0.121. The van der Waals surface area contributed by atoms with Crippen molar-refractivity contribution in [1.82, 2.24) is 0 Å². The molecule has 0 aromatic heterocycles. The zero-order valence-electron chi connectivity index (χ0n) is 16.3. The van der Waals surface area contributed by atoms with E-state index in [9.17, 15) is 4.79 Å². The highest BCUT2D eigenvalue weighted by molar-refractivity contribution is 9.09. The molecule has 2 aromatic carbocycles. The minimum absolute atomic E-state index is 0.0341. The lowest BCUT2D eigenvalue weighted by atomic mass is 9.85. The predicted molar refractivity (Wildman–Crippen MR) is 117 cm³/mol. The largest absolute Gasteiger partial charge is 0.497 e. The molecule has 0 bridgehead atoms. The summed E-state index contributed by atoms with van der Waals surface area (Å²) in [5, 5.41) is 0.899. The van der Waals surface area contributed by atoms with E-state index in [1.54, 1.807) is 28.4 Å². The minimum Gasteiger partial charge on any atom is -0.497 e. The van der Waals surface area contributed by atoms with Gasteiger partial charge in [0.05, 0.1) is 40.3 Å². The van der Waals surface area contributed by atoms with Crippen LogP contribution >= 0.6 is 31.9 Å². The molecule has 152 valence electrons. The average Bonchev–Trinajstić information content (AvgIpc) is 2.74. The van der Waals surface area contributed by atoms with E-state index in [1.807, 2.05) is 36.4 Å². The highest BCUT2D eigenvalue weighted by Gasteiger charge is 2.32. The van der Waals surface area contributed by atoms with E-state index in [1.165, 1.54) is 0 Å². The van der Waals surface area contributed by atoms with Gasteiger partial charge >= 0.3 is 0 Å². The van der Waals surface area contributed by atoms with Gasteiger partial charge in [-0.15, -0.1) is 0 Å². The van der Waals surface area contributed by atoms with Crippen molar-refractivity contribution >= 4 is 37.6 Å². The second-order valence-electron chi connectivity index (χ2n) is 6.03. The van der Waals surface area contributed by atoms with Crippen LogP contribution in [0.3, 0.4) is 0 Å². The molecule has 0 aliphatic carbocycles. The Balaban J connectivity index is 2.52. The van der Waals surface area contributed by atoms with Crippen molar-refractivity contribution in [3.63, 3.8) is 0 Å². The molecule has 0 amide bonds. The van der Waals surface area contributed by atoms with Gasteiger partial charge in [-0.2, -0.15) is 0 Å². The Morgan fingerprint density at radius 3 is 1.43 bits per heavy atom. The van der Waals surface area contributed by atoms with Gasteiger partial charge in [-0.3, -0.25) is 4.79 Å². The Kier molecular flexibility index (Phi) is 8.63. The molecule has 0 saturated heterocycles. The van der Waals surface area contributed by atoms with Crippen LogP contribution in [-0.4, -0.2) is 44.9 Å². The molecule has 2 rings (SSSR count). The van der Waals surface area contributed by atoms with Crippen LogP contribution in [-0.2, 0) is 4.79 Å². The fraction of sp³-hybridized carbons (Fsp3) is 0.381. The van der Waals surface area contributed by atoms with E-state index in [0.717, 1.165) is 11.1 Å². The van der Waals surface area contributed by atoms with Crippen LogP contribution in [0.15, 0.2) is 36.4 Å². The van der Waals surface area contributed by atoms with Gasteiger partial charge in [-0.25, -0.2) is 0 Å². The van der Waals surface area contributed by atoms with Gasteiger partial charge in [0.15, 0.2) is 0 Å². The van der Waals surface area contributed by atoms with Crippen molar-refractivity contribution < 1.29 is 23.7 Å². The molecule has 0 radical (unpaired) electrons. The summed E-state index contributed by atoms with van der Waals surface area (Å²) in [5.74, 6) is 1.81. The van der Waals surface area contributed by atoms with E-state index >= 15 is 0 Å². The number of hydrogen-bond acceptors (Lipinski definition) is 5. The molecule has 28 heavy (non-hydrogen) atoms.